The predicted octanol–water partition coefficient (Wildman–Crippen LogP) is 2.36. The predicted molar refractivity (Wildman–Crippen MR) is 59.8 cm³/mol. The average molecular weight is 232 g/mol. The Kier molecular flexibility index (Phi) is 3.44. The standard InChI is InChI=1S/C10H14ClNOS/c11-9-3-5-14-10(9)7-12-4-1-2-8(13)6-12/h3,5,8,13H,1-2,4,6-7H2/t8-/m1/s1. The highest BCUT2D eigenvalue weighted by atomic mass is 35.5. The molecule has 14 heavy (non-hydrogen) atoms. The third kappa shape index (κ3) is 2.48. The van der Waals surface area contributed by atoms with Crippen LogP contribution in [0.4, 0.5) is 0 Å². The quantitative estimate of drug-likeness (QED) is 0.845. The van der Waals surface area contributed by atoms with Crippen LogP contribution in [0.2, 0.25) is 5.02 Å². The van der Waals surface area contributed by atoms with Crippen molar-refractivity contribution in [3.05, 3.63) is 21.3 Å². The normalized spacial score (nSPS) is 24.0. The minimum Gasteiger partial charge on any atom is -0.392 e. The Hall–Kier alpha value is -0.0900. The molecule has 1 saturated heterocycles. The molecular formula is C10H14ClNOS. The van der Waals surface area contributed by atoms with Crippen molar-refractivity contribution < 1.29 is 5.11 Å². The molecule has 0 unspecified atom stereocenters. The summed E-state index contributed by atoms with van der Waals surface area (Å²) in [5.41, 5.74) is 0. The molecule has 2 heterocycles. The number of aliphatic hydroxyl groups is 1. The van der Waals surface area contributed by atoms with Crippen molar-refractivity contribution in [2.45, 2.75) is 25.5 Å². The minimum atomic E-state index is -0.150. The number of thiophene rings is 1. The van der Waals surface area contributed by atoms with E-state index in [-0.39, 0.29) is 6.10 Å². The zero-order chi connectivity index (χ0) is 9.97. The van der Waals surface area contributed by atoms with Gasteiger partial charge in [0, 0.05) is 18.0 Å². The van der Waals surface area contributed by atoms with Crippen molar-refractivity contribution >= 4 is 22.9 Å². The van der Waals surface area contributed by atoms with Crippen molar-refractivity contribution in [1.82, 2.24) is 4.90 Å². The summed E-state index contributed by atoms with van der Waals surface area (Å²) in [6.07, 6.45) is 1.88. The van der Waals surface area contributed by atoms with Crippen LogP contribution >= 0.6 is 22.9 Å². The highest BCUT2D eigenvalue weighted by molar-refractivity contribution is 7.10. The summed E-state index contributed by atoms with van der Waals surface area (Å²) in [7, 11) is 0. The molecule has 0 spiro atoms. The number of nitrogens with zero attached hydrogens (tertiary/aromatic N) is 1. The van der Waals surface area contributed by atoms with Crippen LogP contribution in [-0.4, -0.2) is 29.2 Å². The van der Waals surface area contributed by atoms with Crippen LogP contribution in [0.25, 0.3) is 0 Å². The summed E-state index contributed by atoms with van der Waals surface area (Å²) < 4.78 is 0. The second-order valence-corrected chi connectivity index (χ2v) is 5.13. The van der Waals surface area contributed by atoms with E-state index in [4.69, 9.17) is 11.6 Å². The van der Waals surface area contributed by atoms with Gasteiger partial charge in [-0.3, -0.25) is 4.90 Å². The second kappa shape index (κ2) is 4.62. The van der Waals surface area contributed by atoms with Crippen molar-refractivity contribution in [2.24, 2.45) is 0 Å². The SMILES string of the molecule is O[C@@H]1CCCN(Cc2sccc2Cl)C1. The van der Waals surface area contributed by atoms with Gasteiger partial charge >= 0.3 is 0 Å². The zero-order valence-electron chi connectivity index (χ0n) is 7.95. The Balaban J connectivity index is 1.94. The van der Waals surface area contributed by atoms with E-state index in [1.54, 1.807) is 11.3 Å². The van der Waals surface area contributed by atoms with Crippen LogP contribution in [-0.2, 0) is 6.54 Å². The van der Waals surface area contributed by atoms with Crippen molar-refractivity contribution in [2.75, 3.05) is 13.1 Å². The third-order valence-corrected chi connectivity index (χ3v) is 3.91. The van der Waals surface area contributed by atoms with Crippen LogP contribution in [0.1, 0.15) is 17.7 Å². The molecule has 0 bridgehead atoms. The fourth-order valence-electron chi connectivity index (χ4n) is 1.82. The van der Waals surface area contributed by atoms with Gasteiger partial charge < -0.3 is 5.11 Å². The molecule has 0 aromatic carbocycles. The van der Waals surface area contributed by atoms with Gasteiger partial charge in [0.15, 0.2) is 0 Å². The number of halogens is 1. The van der Waals surface area contributed by atoms with Gasteiger partial charge in [0.1, 0.15) is 0 Å². The first kappa shape index (κ1) is 10.4. The van der Waals surface area contributed by atoms with Crippen LogP contribution < -0.4 is 0 Å². The molecule has 2 nitrogen and oxygen atoms in total. The molecule has 1 aromatic heterocycles. The Bertz CT molecular complexity index is 302. The average Bonchev–Trinajstić information content (AvgIpc) is 2.52. The first-order valence-corrected chi connectivity index (χ1v) is 6.14. The lowest BCUT2D eigenvalue weighted by Crippen LogP contribution is -2.37. The highest BCUT2D eigenvalue weighted by Crippen LogP contribution is 2.24. The number of rotatable bonds is 2. The summed E-state index contributed by atoms with van der Waals surface area (Å²) in [5, 5.41) is 12.4. The van der Waals surface area contributed by atoms with Gasteiger partial charge in [-0.05, 0) is 30.8 Å². The maximum Gasteiger partial charge on any atom is 0.0667 e. The van der Waals surface area contributed by atoms with Gasteiger partial charge in [0.05, 0.1) is 11.1 Å². The number of piperidine rings is 1. The van der Waals surface area contributed by atoms with Gasteiger partial charge in [-0.1, -0.05) is 11.6 Å². The van der Waals surface area contributed by atoms with Gasteiger partial charge in [0.25, 0.3) is 0 Å². The van der Waals surface area contributed by atoms with Crippen LogP contribution in [0.5, 0.6) is 0 Å². The summed E-state index contributed by atoms with van der Waals surface area (Å²) in [6.45, 7) is 2.74. The highest BCUT2D eigenvalue weighted by Gasteiger charge is 2.18. The molecule has 2 rings (SSSR count). The molecule has 0 saturated carbocycles. The monoisotopic (exact) mass is 231 g/mol. The third-order valence-electron chi connectivity index (χ3n) is 2.54. The molecular weight excluding hydrogens is 218 g/mol. The van der Waals surface area contributed by atoms with Gasteiger partial charge in [-0.2, -0.15) is 0 Å². The summed E-state index contributed by atoms with van der Waals surface area (Å²) in [6, 6.07) is 1.93. The Morgan fingerprint density at radius 2 is 2.50 bits per heavy atom. The molecule has 78 valence electrons. The van der Waals surface area contributed by atoms with E-state index in [9.17, 15) is 5.11 Å². The van der Waals surface area contributed by atoms with Gasteiger partial charge in [0.2, 0.25) is 0 Å². The van der Waals surface area contributed by atoms with Crippen LogP contribution in [0.15, 0.2) is 11.4 Å². The molecule has 1 atom stereocenters. The first-order chi connectivity index (χ1) is 6.75. The van der Waals surface area contributed by atoms with Crippen LogP contribution in [0.3, 0.4) is 0 Å². The molecule has 0 aliphatic carbocycles. The topological polar surface area (TPSA) is 23.5 Å². The molecule has 1 N–H and O–H groups in total. The van der Waals surface area contributed by atoms with E-state index >= 15 is 0 Å². The maximum absolute atomic E-state index is 9.51. The Labute approximate surface area is 93.1 Å². The zero-order valence-corrected chi connectivity index (χ0v) is 9.52. The van der Waals surface area contributed by atoms with Crippen LogP contribution in [0, 0.1) is 0 Å². The lowest BCUT2D eigenvalue weighted by atomic mass is 10.1. The number of likely N-dealkylation sites (tertiary alicyclic amines) is 1. The van der Waals surface area contributed by atoms with E-state index in [2.05, 4.69) is 4.90 Å². The second-order valence-electron chi connectivity index (χ2n) is 3.72. The summed E-state index contributed by atoms with van der Waals surface area (Å²) >= 11 is 7.71. The van der Waals surface area contributed by atoms with Gasteiger partial charge in [-0.15, -0.1) is 11.3 Å². The van der Waals surface area contributed by atoms with Crippen molar-refractivity contribution in [3.63, 3.8) is 0 Å². The smallest absolute Gasteiger partial charge is 0.0667 e. The molecule has 4 heteroatoms. The Morgan fingerprint density at radius 3 is 3.14 bits per heavy atom. The minimum absolute atomic E-state index is 0.150. The van der Waals surface area contributed by atoms with Crippen molar-refractivity contribution in [3.8, 4) is 0 Å². The van der Waals surface area contributed by atoms with E-state index in [1.807, 2.05) is 11.4 Å². The lowest BCUT2D eigenvalue weighted by molar-refractivity contribution is 0.0674. The van der Waals surface area contributed by atoms with Crippen molar-refractivity contribution in [1.29, 1.82) is 0 Å². The fourth-order valence-corrected chi connectivity index (χ4v) is 2.95. The number of β-amino-alcohol motifs (C(OH)–C–C–N with tert-alkyl or cyclic N) is 1. The number of aliphatic hydroxyl groups excluding tert-OH is 1. The maximum atomic E-state index is 9.51. The Morgan fingerprint density at radius 1 is 1.64 bits per heavy atom. The largest absolute Gasteiger partial charge is 0.392 e. The van der Waals surface area contributed by atoms with E-state index in [0.717, 1.165) is 37.5 Å². The molecule has 1 aliphatic rings. The molecule has 0 radical (unpaired) electrons. The molecule has 1 fully saturated rings. The molecule has 0 amide bonds. The van der Waals surface area contributed by atoms with Gasteiger partial charge in [-0.25, -0.2) is 0 Å². The first-order valence-electron chi connectivity index (χ1n) is 4.88. The number of hydrogen-bond donors (Lipinski definition) is 1. The van der Waals surface area contributed by atoms with E-state index < -0.39 is 0 Å². The van der Waals surface area contributed by atoms with E-state index in [0.29, 0.717) is 0 Å². The van der Waals surface area contributed by atoms with E-state index in [1.165, 1.54) is 4.88 Å². The lowest BCUT2D eigenvalue weighted by Gasteiger charge is -2.29. The fraction of sp³-hybridized carbons (Fsp3) is 0.600. The molecule has 1 aliphatic heterocycles. The summed E-state index contributed by atoms with van der Waals surface area (Å²) in [5.74, 6) is 0. The summed E-state index contributed by atoms with van der Waals surface area (Å²) in [4.78, 5) is 3.48. The molecule has 1 aromatic rings. The number of hydrogen-bond acceptors (Lipinski definition) is 3.